The number of benzene rings is 1. The van der Waals surface area contributed by atoms with Gasteiger partial charge in [-0.2, -0.15) is 0 Å². The summed E-state index contributed by atoms with van der Waals surface area (Å²) in [6.07, 6.45) is 1.50. The first-order valence-electron chi connectivity index (χ1n) is 5.83. The average molecular weight is 278 g/mol. The number of hydrogen-bond acceptors (Lipinski definition) is 3. The summed E-state index contributed by atoms with van der Waals surface area (Å²) in [7, 11) is 1.40. The van der Waals surface area contributed by atoms with E-state index in [0.29, 0.717) is 0 Å². The van der Waals surface area contributed by atoms with E-state index >= 15 is 0 Å². The Morgan fingerprint density at radius 3 is 2.85 bits per heavy atom. The smallest absolute Gasteiger partial charge is 0.257 e. The van der Waals surface area contributed by atoms with Gasteiger partial charge in [0.25, 0.3) is 5.91 Å². The lowest BCUT2D eigenvalue weighted by Gasteiger charge is -2.08. The second-order valence-electron chi connectivity index (χ2n) is 3.98. The highest BCUT2D eigenvalue weighted by Crippen LogP contribution is 2.14. The van der Waals surface area contributed by atoms with Gasteiger partial charge in [0.2, 0.25) is 5.88 Å². The molecular weight excluding hydrogens is 266 g/mol. The molecule has 20 heavy (non-hydrogen) atoms. The number of carbonyl (C=O) groups excluding carboxylic acids is 1. The topological polar surface area (TPSA) is 51.2 Å². The van der Waals surface area contributed by atoms with Gasteiger partial charge in [-0.05, 0) is 18.2 Å². The van der Waals surface area contributed by atoms with E-state index in [0.717, 1.165) is 12.1 Å². The quantitative estimate of drug-likeness (QED) is 0.933. The molecule has 0 unspecified atom stereocenters. The van der Waals surface area contributed by atoms with E-state index in [2.05, 4.69) is 10.3 Å². The number of ether oxygens (including phenoxy) is 1. The molecule has 0 atom stereocenters. The van der Waals surface area contributed by atoms with Gasteiger partial charge < -0.3 is 10.1 Å². The van der Waals surface area contributed by atoms with Gasteiger partial charge in [0.1, 0.15) is 17.2 Å². The molecule has 0 aliphatic carbocycles. The van der Waals surface area contributed by atoms with Crippen molar-refractivity contribution in [3.63, 3.8) is 0 Å². The molecule has 4 nitrogen and oxygen atoms in total. The molecule has 2 aromatic rings. The fourth-order valence-electron chi connectivity index (χ4n) is 1.66. The molecule has 0 fully saturated rings. The SMILES string of the molecule is COc1ncccc1C(=O)NCc1ccc(F)cc1F. The van der Waals surface area contributed by atoms with Crippen molar-refractivity contribution in [3.05, 3.63) is 59.3 Å². The standard InChI is InChI=1S/C14H12F2N2O2/c1-20-14-11(3-2-6-17-14)13(19)18-8-9-4-5-10(15)7-12(9)16/h2-7H,8H2,1H3,(H,18,19). The molecule has 1 amide bonds. The molecule has 1 aromatic heterocycles. The van der Waals surface area contributed by atoms with Crippen LogP contribution in [0.25, 0.3) is 0 Å². The van der Waals surface area contributed by atoms with Crippen molar-refractivity contribution < 1.29 is 18.3 Å². The third-order valence-corrected chi connectivity index (χ3v) is 2.66. The van der Waals surface area contributed by atoms with Crippen LogP contribution in [0.1, 0.15) is 15.9 Å². The van der Waals surface area contributed by atoms with E-state index in [9.17, 15) is 13.6 Å². The number of rotatable bonds is 4. The lowest BCUT2D eigenvalue weighted by atomic mass is 10.2. The van der Waals surface area contributed by atoms with Gasteiger partial charge in [-0.1, -0.05) is 6.07 Å². The van der Waals surface area contributed by atoms with E-state index in [4.69, 9.17) is 4.74 Å². The lowest BCUT2D eigenvalue weighted by Crippen LogP contribution is -2.24. The molecule has 1 heterocycles. The maximum atomic E-state index is 13.4. The Labute approximate surface area is 114 Å². The van der Waals surface area contributed by atoms with E-state index in [1.54, 1.807) is 12.1 Å². The Hall–Kier alpha value is -2.50. The van der Waals surface area contributed by atoms with Crippen molar-refractivity contribution in [3.8, 4) is 5.88 Å². The Bertz CT molecular complexity index is 632. The van der Waals surface area contributed by atoms with Crippen molar-refractivity contribution in [1.82, 2.24) is 10.3 Å². The molecule has 0 bridgehead atoms. The number of halogens is 2. The van der Waals surface area contributed by atoms with Crippen LogP contribution in [0.4, 0.5) is 8.78 Å². The van der Waals surface area contributed by atoms with E-state index in [1.165, 1.54) is 19.4 Å². The molecule has 6 heteroatoms. The number of carbonyl (C=O) groups is 1. The van der Waals surface area contributed by atoms with Crippen LogP contribution in [0.3, 0.4) is 0 Å². The summed E-state index contributed by atoms with van der Waals surface area (Å²) < 4.78 is 31.1. The largest absolute Gasteiger partial charge is 0.480 e. The second-order valence-corrected chi connectivity index (χ2v) is 3.98. The van der Waals surface area contributed by atoms with Crippen LogP contribution >= 0.6 is 0 Å². The number of hydrogen-bond donors (Lipinski definition) is 1. The zero-order chi connectivity index (χ0) is 14.5. The number of amides is 1. The molecule has 0 spiro atoms. The first-order valence-corrected chi connectivity index (χ1v) is 5.83. The Kier molecular flexibility index (Phi) is 4.24. The average Bonchev–Trinajstić information content (AvgIpc) is 2.46. The minimum absolute atomic E-state index is 0.0526. The van der Waals surface area contributed by atoms with Crippen LogP contribution in [-0.4, -0.2) is 18.0 Å². The molecule has 0 saturated heterocycles. The highest BCUT2D eigenvalue weighted by atomic mass is 19.1. The monoisotopic (exact) mass is 278 g/mol. The van der Waals surface area contributed by atoms with Crippen molar-refractivity contribution >= 4 is 5.91 Å². The van der Waals surface area contributed by atoms with Crippen LogP contribution in [0.5, 0.6) is 5.88 Å². The Morgan fingerprint density at radius 2 is 2.15 bits per heavy atom. The van der Waals surface area contributed by atoms with E-state index in [-0.39, 0.29) is 23.6 Å². The number of nitrogens with one attached hydrogen (secondary N) is 1. The minimum atomic E-state index is -0.705. The first-order chi connectivity index (χ1) is 9.61. The predicted octanol–water partition coefficient (Wildman–Crippen LogP) is 2.30. The van der Waals surface area contributed by atoms with Gasteiger partial charge in [0.05, 0.1) is 7.11 Å². The highest BCUT2D eigenvalue weighted by Gasteiger charge is 2.13. The maximum Gasteiger partial charge on any atom is 0.257 e. The summed E-state index contributed by atoms with van der Waals surface area (Å²) in [5.41, 5.74) is 0.445. The van der Waals surface area contributed by atoms with Gasteiger partial charge >= 0.3 is 0 Å². The number of aromatic nitrogens is 1. The lowest BCUT2D eigenvalue weighted by molar-refractivity contribution is 0.0947. The van der Waals surface area contributed by atoms with Crippen LogP contribution in [-0.2, 0) is 6.54 Å². The molecular formula is C14H12F2N2O2. The Balaban J connectivity index is 2.09. The van der Waals surface area contributed by atoms with Crippen LogP contribution in [0.2, 0.25) is 0 Å². The van der Waals surface area contributed by atoms with Crippen molar-refractivity contribution in [2.24, 2.45) is 0 Å². The zero-order valence-corrected chi connectivity index (χ0v) is 10.7. The third kappa shape index (κ3) is 3.09. The molecule has 1 N–H and O–H groups in total. The second kappa shape index (κ2) is 6.10. The van der Waals surface area contributed by atoms with Crippen molar-refractivity contribution in [2.45, 2.75) is 6.54 Å². The zero-order valence-electron chi connectivity index (χ0n) is 10.7. The van der Waals surface area contributed by atoms with Crippen LogP contribution in [0.15, 0.2) is 36.5 Å². The molecule has 0 aliphatic rings. The van der Waals surface area contributed by atoms with Gasteiger partial charge in [0.15, 0.2) is 0 Å². The number of nitrogens with zero attached hydrogens (tertiary/aromatic N) is 1. The molecule has 1 aromatic carbocycles. The summed E-state index contributed by atoms with van der Waals surface area (Å²) >= 11 is 0. The van der Waals surface area contributed by atoms with Gasteiger partial charge in [0, 0.05) is 24.4 Å². The Morgan fingerprint density at radius 1 is 1.35 bits per heavy atom. The fourth-order valence-corrected chi connectivity index (χ4v) is 1.66. The molecule has 0 saturated carbocycles. The normalized spacial score (nSPS) is 10.2. The number of pyridine rings is 1. The van der Waals surface area contributed by atoms with Gasteiger partial charge in [-0.3, -0.25) is 4.79 Å². The molecule has 2 rings (SSSR count). The summed E-state index contributed by atoms with van der Waals surface area (Å²) in [6, 6.07) is 6.32. The number of methoxy groups -OCH3 is 1. The van der Waals surface area contributed by atoms with Crippen molar-refractivity contribution in [2.75, 3.05) is 7.11 Å². The molecule has 0 radical (unpaired) electrons. The maximum absolute atomic E-state index is 13.4. The summed E-state index contributed by atoms with van der Waals surface area (Å²) in [5, 5.41) is 2.53. The molecule has 0 aliphatic heterocycles. The summed E-state index contributed by atoms with van der Waals surface area (Å²) in [6.45, 7) is -0.0526. The van der Waals surface area contributed by atoms with E-state index in [1.807, 2.05) is 0 Å². The van der Waals surface area contributed by atoms with Crippen LogP contribution in [0, 0.1) is 11.6 Å². The van der Waals surface area contributed by atoms with Gasteiger partial charge in [-0.25, -0.2) is 13.8 Å². The fraction of sp³-hybridized carbons (Fsp3) is 0.143. The van der Waals surface area contributed by atoms with E-state index < -0.39 is 17.5 Å². The minimum Gasteiger partial charge on any atom is -0.480 e. The molecule has 104 valence electrons. The highest BCUT2D eigenvalue weighted by molar-refractivity contribution is 5.96. The van der Waals surface area contributed by atoms with Crippen LogP contribution < -0.4 is 10.1 Å². The van der Waals surface area contributed by atoms with Crippen molar-refractivity contribution in [1.29, 1.82) is 0 Å². The third-order valence-electron chi connectivity index (χ3n) is 2.66. The summed E-state index contributed by atoms with van der Waals surface area (Å²) in [5.74, 6) is -1.63. The summed E-state index contributed by atoms with van der Waals surface area (Å²) in [4.78, 5) is 15.8. The predicted molar refractivity (Wildman–Crippen MR) is 68.3 cm³/mol. The first kappa shape index (κ1) is 13.9. The van der Waals surface area contributed by atoms with Gasteiger partial charge in [-0.15, -0.1) is 0 Å².